The summed E-state index contributed by atoms with van der Waals surface area (Å²) in [5.41, 5.74) is 18.0. The van der Waals surface area contributed by atoms with Gasteiger partial charge in [0, 0.05) is 49.5 Å². The third-order valence-corrected chi connectivity index (χ3v) is 16.5. The minimum absolute atomic E-state index is 0. The topological polar surface area (TPSA) is 40.3 Å². The quantitative estimate of drug-likeness (QED) is 0.162. The molecule has 10 bridgehead atoms. The number of pyridine rings is 1. The second-order valence-corrected chi connectivity index (χ2v) is 26.3. The van der Waals surface area contributed by atoms with Crippen LogP contribution in [0.3, 0.4) is 0 Å². The number of hydrogen-bond donors (Lipinski definition) is 0. The van der Waals surface area contributed by atoms with Crippen LogP contribution >= 0.6 is 0 Å². The summed E-state index contributed by atoms with van der Waals surface area (Å²) in [7, 11) is 0. The van der Waals surface area contributed by atoms with Gasteiger partial charge in [-0.15, -0.1) is 29.1 Å². The maximum atomic E-state index is 7.11. The summed E-state index contributed by atoms with van der Waals surface area (Å²) < 4.78 is 14.1. The molecule has 0 N–H and O–H groups in total. The van der Waals surface area contributed by atoms with Gasteiger partial charge in [0.1, 0.15) is 5.65 Å². The summed E-state index contributed by atoms with van der Waals surface area (Å²) in [4.78, 5) is 5.68. The van der Waals surface area contributed by atoms with Crippen LogP contribution in [0.15, 0.2) is 205 Å². The van der Waals surface area contributed by atoms with E-state index in [1.165, 1.54) is 22.3 Å². The Morgan fingerprint density at radius 2 is 1.05 bits per heavy atom. The van der Waals surface area contributed by atoms with Gasteiger partial charge in [0.25, 0.3) is 0 Å². The van der Waals surface area contributed by atoms with E-state index in [-0.39, 0.29) is 42.7 Å². The van der Waals surface area contributed by atoms with Gasteiger partial charge in [-0.1, -0.05) is 234 Å². The van der Waals surface area contributed by atoms with Gasteiger partial charge in [-0.2, -0.15) is 23.8 Å². The molecular weight excluding hydrogens is 1180 g/mol. The Morgan fingerprint density at radius 3 is 1.78 bits per heavy atom. The van der Waals surface area contributed by atoms with Crippen LogP contribution in [0.2, 0.25) is 0 Å². The molecule has 5 nitrogen and oxygen atoms in total. The van der Waals surface area contributed by atoms with E-state index in [4.69, 9.17) is 9.40 Å². The summed E-state index contributed by atoms with van der Waals surface area (Å²) >= 11 is 0. The number of nitrogens with zero attached hydrogens (tertiary/aromatic N) is 4. The Kier molecular flexibility index (Phi) is 13.4. The van der Waals surface area contributed by atoms with Crippen LogP contribution in [0.5, 0.6) is 0 Å². The van der Waals surface area contributed by atoms with Crippen LogP contribution in [-0.2, 0) is 42.7 Å². The fourth-order valence-electron chi connectivity index (χ4n) is 11.7. The van der Waals surface area contributed by atoms with E-state index in [2.05, 4.69) is 309 Å². The van der Waals surface area contributed by atoms with E-state index < -0.39 is 0 Å². The van der Waals surface area contributed by atoms with Crippen LogP contribution < -0.4 is 0 Å². The predicted octanol–water partition coefficient (Wildman–Crippen LogP) is 20.7. The van der Waals surface area contributed by atoms with E-state index in [0.717, 1.165) is 105 Å². The summed E-state index contributed by atoms with van der Waals surface area (Å²) in [6.45, 7) is 27.3. The first kappa shape index (κ1) is 54.5. The largest absolute Gasteiger partial charge is 0.510 e. The predicted molar refractivity (Wildman–Crippen MR) is 343 cm³/mol. The number of rotatable bonds is 2. The number of aromatic nitrogens is 4. The Bertz CT molecular complexity index is 4790. The molecule has 0 saturated heterocycles. The van der Waals surface area contributed by atoms with Gasteiger partial charge in [0.05, 0.1) is 5.52 Å². The third-order valence-electron chi connectivity index (χ3n) is 16.5. The van der Waals surface area contributed by atoms with Crippen molar-refractivity contribution in [3.05, 3.63) is 235 Å². The van der Waals surface area contributed by atoms with Crippen molar-refractivity contribution in [3.8, 4) is 33.6 Å². The van der Waals surface area contributed by atoms with Crippen LogP contribution in [0.4, 0.5) is 0 Å². The molecule has 6 heteroatoms. The van der Waals surface area contributed by atoms with Gasteiger partial charge in [-0.3, -0.25) is 0 Å². The second-order valence-electron chi connectivity index (χ2n) is 26.3. The van der Waals surface area contributed by atoms with Crippen molar-refractivity contribution in [3.63, 3.8) is 0 Å². The van der Waals surface area contributed by atoms with Gasteiger partial charge in [-0.05, 0) is 129 Å². The molecule has 3 aromatic heterocycles. The number of para-hydroxylation sites is 3. The van der Waals surface area contributed by atoms with Crippen LogP contribution in [-0.4, -0.2) is 18.5 Å². The molecule has 0 amide bonds. The monoisotopic (exact) mass is 1250 g/mol. The summed E-state index contributed by atoms with van der Waals surface area (Å²) in [6, 6.07) is 79.2. The first-order valence-electron chi connectivity index (χ1n) is 28.5. The molecule has 1 aliphatic rings. The van der Waals surface area contributed by atoms with Gasteiger partial charge in [0.2, 0.25) is 0 Å². The molecule has 412 valence electrons. The molecule has 0 saturated carbocycles. The second kappa shape index (κ2) is 20.1. The van der Waals surface area contributed by atoms with Crippen molar-refractivity contribution in [2.24, 2.45) is 0 Å². The van der Waals surface area contributed by atoms with Gasteiger partial charge in [0.15, 0.2) is 0 Å². The SMILES string of the molecule is CC(C)(C)c1ccc(-c2ccc3c(c2)c2ccc4[c-]c2n3c2cc(C(C)(C)C)cc(n2)c2cccc(c2)c2ccccc2c2cccc(-c3cccc(C(C)(C)C)c3)c2n2[cH-]n(c3[c-]c(cc(C(C)(C)C)c3)o4)-c3ccccc3-2)cc1.[Pt]. The van der Waals surface area contributed by atoms with Gasteiger partial charge < -0.3 is 18.0 Å². The van der Waals surface area contributed by atoms with E-state index in [9.17, 15) is 0 Å². The third kappa shape index (κ3) is 9.81. The zero-order valence-corrected chi connectivity index (χ0v) is 51.3. The van der Waals surface area contributed by atoms with E-state index in [1.54, 1.807) is 0 Å². The molecule has 0 spiro atoms. The van der Waals surface area contributed by atoms with E-state index >= 15 is 0 Å². The minimum atomic E-state index is -0.225. The Balaban J connectivity index is 0.00000665. The maximum absolute atomic E-state index is 7.11. The van der Waals surface area contributed by atoms with Gasteiger partial charge >= 0.3 is 0 Å². The Labute approximate surface area is 496 Å². The van der Waals surface area contributed by atoms with Gasteiger partial charge in [-0.25, -0.2) is 4.98 Å². The van der Waals surface area contributed by atoms with Crippen molar-refractivity contribution >= 4 is 82.1 Å². The molecule has 82 heavy (non-hydrogen) atoms. The maximum Gasteiger partial charge on any atom is 0.136 e. The normalized spacial score (nSPS) is 12.5. The van der Waals surface area contributed by atoms with E-state index in [0.29, 0.717) is 11.2 Å². The van der Waals surface area contributed by atoms with Crippen LogP contribution in [0, 0.1) is 12.1 Å². The molecule has 0 radical (unpaired) electrons. The van der Waals surface area contributed by atoms with Crippen molar-refractivity contribution in [1.82, 2.24) is 18.5 Å². The fourth-order valence-corrected chi connectivity index (χ4v) is 11.7. The van der Waals surface area contributed by atoms with Crippen LogP contribution in [0.25, 0.3) is 116 Å². The summed E-state index contributed by atoms with van der Waals surface area (Å²) in [5, 5.41) is 7.69. The molecule has 1 aliphatic heterocycles. The minimum Gasteiger partial charge on any atom is -0.510 e. The number of imidazole rings is 1. The molecule has 13 rings (SSSR count). The fraction of sp³-hybridized carbons (Fsp3) is 0.211. The molecule has 4 heterocycles. The van der Waals surface area contributed by atoms with Crippen molar-refractivity contribution in [2.75, 3.05) is 0 Å². The number of hydrogen-bond acceptors (Lipinski definition) is 2. The Hall–Kier alpha value is -8.11. The molecule has 0 unspecified atom stereocenters. The first-order valence-corrected chi connectivity index (χ1v) is 28.5. The molecule has 12 aromatic rings. The standard InChI is InChI=1S/C76H69N4O.Pt/c1-73(2,3)53-33-30-48(31-34-53)49-32-37-67-65(40-49)63-36-35-58-46-70(63)80(67)71-44-56(76(10,11)12)43-66(77-71)52-22-17-20-50(38-52)60-24-13-14-25-62(60)64-27-19-26-61(51-21-18-23-54(39-51)74(4,5)6)72(64)79-47-78(68-28-15-16-29-69(68)79)57-41-55(75(7,8)9)42-59(45-57)81-58;/h13-44,47H,1-12H3;/q-3;. The average Bonchev–Trinajstić information content (AvgIpc) is 4.22. The first-order chi connectivity index (χ1) is 38.6. The van der Waals surface area contributed by atoms with Crippen molar-refractivity contribution in [2.45, 2.75) is 105 Å². The molecule has 9 aromatic carbocycles. The average molecular weight is 1250 g/mol. The smallest absolute Gasteiger partial charge is 0.136 e. The van der Waals surface area contributed by atoms with Crippen LogP contribution in [0.1, 0.15) is 105 Å². The zero-order valence-electron chi connectivity index (χ0n) is 49.1. The van der Waals surface area contributed by atoms with Crippen molar-refractivity contribution in [1.29, 1.82) is 0 Å². The zero-order chi connectivity index (χ0) is 56.3. The Morgan fingerprint density at radius 1 is 0.415 bits per heavy atom. The number of fused-ring (bicyclic) bond motifs is 23. The molecular formula is C76H69N4OPt-3. The molecule has 0 aliphatic carbocycles. The summed E-state index contributed by atoms with van der Waals surface area (Å²) in [6.07, 6.45) is 2.25. The van der Waals surface area contributed by atoms with Crippen molar-refractivity contribution < 1.29 is 25.5 Å². The van der Waals surface area contributed by atoms with E-state index in [1.807, 2.05) is 0 Å². The summed E-state index contributed by atoms with van der Waals surface area (Å²) in [5.74, 6) is 0. The molecule has 0 fully saturated rings. The molecule has 0 atom stereocenters. The number of benzene rings is 9.